The Bertz CT molecular complexity index is 1360. The first-order valence-corrected chi connectivity index (χ1v) is 13.1. The van der Waals surface area contributed by atoms with Crippen molar-refractivity contribution in [1.29, 1.82) is 0 Å². The van der Waals surface area contributed by atoms with Crippen LogP contribution in [0.4, 0.5) is 16.0 Å². The van der Waals surface area contributed by atoms with Crippen molar-refractivity contribution < 1.29 is 22.3 Å². The monoisotopic (exact) mass is 514 g/mol. The highest BCUT2D eigenvalue weighted by Crippen LogP contribution is 2.30. The van der Waals surface area contributed by atoms with Crippen LogP contribution in [0.1, 0.15) is 45.2 Å². The SMILES string of the molecule is CCOc1cncc(-c2ccc(NC(=O)C(c3ccnc(NS(=O)(=O)C4CC4)n3)C(C)C)c(F)c2)n1. The molecule has 1 aromatic carbocycles. The van der Waals surface area contributed by atoms with Crippen molar-refractivity contribution in [3.05, 3.63) is 54.4 Å². The van der Waals surface area contributed by atoms with Crippen LogP contribution in [-0.2, 0) is 14.8 Å². The molecule has 1 amide bonds. The smallest absolute Gasteiger partial charge is 0.237 e. The Hall–Kier alpha value is -3.67. The zero-order valence-corrected chi connectivity index (χ0v) is 20.9. The molecule has 2 N–H and O–H groups in total. The highest BCUT2D eigenvalue weighted by Gasteiger charge is 2.36. The summed E-state index contributed by atoms with van der Waals surface area (Å²) in [4.78, 5) is 29.8. The second kappa shape index (κ2) is 10.5. The van der Waals surface area contributed by atoms with Gasteiger partial charge in [0.15, 0.2) is 0 Å². The van der Waals surface area contributed by atoms with E-state index in [1.54, 1.807) is 12.1 Å². The van der Waals surface area contributed by atoms with Gasteiger partial charge in [-0.05, 0) is 43.9 Å². The van der Waals surface area contributed by atoms with Gasteiger partial charge in [-0.15, -0.1) is 0 Å². The lowest BCUT2D eigenvalue weighted by Crippen LogP contribution is -2.27. The molecule has 0 spiro atoms. The van der Waals surface area contributed by atoms with Crippen LogP contribution >= 0.6 is 0 Å². The number of anilines is 2. The largest absolute Gasteiger partial charge is 0.477 e. The molecular formula is C24H27FN6O4S. The number of sulfonamides is 1. The molecule has 0 bridgehead atoms. The van der Waals surface area contributed by atoms with E-state index in [1.165, 1.54) is 30.7 Å². The molecule has 36 heavy (non-hydrogen) atoms. The number of aromatic nitrogens is 4. The van der Waals surface area contributed by atoms with Crippen LogP contribution in [0.2, 0.25) is 0 Å². The molecule has 1 atom stereocenters. The maximum absolute atomic E-state index is 14.9. The Labute approximate surface area is 208 Å². The van der Waals surface area contributed by atoms with Crippen LogP contribution in [0.3, 0.4) is 0 Å². The molecule has 1 aliphatic carbocycles. The van der Waals surface area contributed by atoms with Crippen molar-refractivity contribution in [1.82, 2.24) is 19.9 Å². The molecule has 4 rings (SSSR count). The van der Waals surface area contributed by atoms with E-state index in [4.69, 9.17) is 4.74 Å². The van der Waals surface area contributed by atoms with Crippen LogP contribution in [0.5, 0.6) is 5.88 Å². The third-order valence-electron chi connectivity index (χ3n) is 5.57. The highest BCUT2D eigenvalue weighted by molar-refractivity contribution is 7.93. The van der Waals surface area contributed by atoms with Crippen molar-refractivity contribution in [3.8, 4) is 17.1 Å². The fourth-order valence-electron chi connectivity index (χ4n) is 3.65. The van der Waals surface area contributed by atoms with Gasteiger partial charge in [0, 0.05) is 11.8 Å². The molecule has 12 heteroatoms. The van der Waals surface area contributed by atoms with E-state index in [9.17, 15) is 17.6 Å². The van der Waals surface area contributed by atoms with E-state index in [1.807, 2.05) is 20.8 Å². The normalized spacial score (nSPS) is 14.4. The van der Waals surface area contributed by atoms with Gasteiger partial charge in [-0.3, -0.25) is 14.5 Å². The molecular weight excluding hydrogens is 487 g/mol. The highest BCUT2D eigenvalue weighted by atomic mass is 32.2. The zero-order chi connectivity index (χ0) is 25.9. The summed E-state index contributed by atoms with van der Waals surface area (Å²) in [6.07, 6.45) is 5.55. The van der Waals surface area contributed by atoms with Crippen LogP contribution in [0, 0.1) is 11.7 Å². The average Bonchev–Trinajstić information content (AvgIpc) is 3.67. The summed E-state index contributed by atoms with van der Waals surface area (Å²) >= 11 is 0. The van der Waals surface area contributed by atoms with E-state index in [0.717, 1.165) is 0 Å². The lowest BCUT2D eigenvalue weighted by molar-refractivity contribution is -0.118. The predicted octanol–water partition coefficient (Wildman–Crippen LogP) is 3.75. The third kappa shape index (κ3) is 5.93. The zero-order valence-electron chi connectivity index (χ0n) is 20.1. The molecule has 1 saturated carbocycles. The van der Waals surface area contributed by atoms with Gasteiger partial charge < -0.3 is 10.1 Å². The molecule has 2 heterocycles. The minimum Gasteiger partial charge on any atom is -0.477 e. The number of carbonyl (C=O) groups is 1. The Kier molecular flexibility index (Phi) is 7.43. The maximum atomic E-state index is 14.9. The molecule has 190 valence electrons. The topological polar surface area (TPSA) is 136 Å². The van der Waals surface area contributed by atoms with Gasteiger partial charge in [-0.2, -0.15) is 0 Å². The molecule has 2 aromatic heterocycles. The van der Waals surface area contributed by atoms with E-state index in [2.05, 4.69) is 30.0 Å². The van der Waals surface area contributed by atoms with Gasteiger partial charge in [0.25, 0.3) is 0 Å². The summed E-state index contributed by atoms with van der Waals surface area (Å²) in [6.45, 7) is 5.90. The fourth-order valence-corrected chi connectivity index (χ4v) is 4.93. The Morgan fingerprint density at radius 2 is 1.97 bits per heavy atom. The van der Waals surface area contributed by atoms with E-state index in [0.29, 0.717) is 42.3 Å². The number of amides is 1. The molecule has 10 nitrogen and oxygen atoms in total. The second-order valence-corrected chi connectivity index (χ2v) is 10.7. The summed E-state index contributed by atoms with van der Waals surface area (Å²) in [5, 5.41) is 2.19. The number of benzene rings is 1. The molecule has 1 aliphatic rings. The van der Waals surface area contributed by atoms with Crippen molar-refractivity contribution in [2.45, 2.75) is 44.8 Å². The van der Waals surface area contributed by atoms with Crippen LogP contribution < -0.4 is 14.8 Å². The number of nitrogens with one attached hydrogen (secondary N) is 2. The summed E-state index contributed by atoms with van der Waals surface area (Å²) in [7, 11) is -3.55. The molecule has 1 unspecified atom stereocenters. The van der Waals surface area contributed by atoms with Gasteiger partial charge >= 0.3 is 0 Å². The summed E-state index contributed by atoms with van der Waals surface area (Å²) < 4.78 is 47.2. The predicted molar refractivity (Wildman–Crippen MR) is 132 cm³/mol. The molecule has 1 fully saturated rings. The lowest BCUT2D eigenvalue weighted by atomic mass is 9.91. The van der Waals surface area contributed by atoms with Gasteiger partial charge in [0.1, 0.15) is 5.82 Å². The lowest BCUT2D eigenvalue weighted by Gasteiger charge is -2.20. The van der Waals surface area contributed by atoms with E-state index in [-0.39, 0.29) is 17.6 Å². The Morgan fingerprint density at radius 3 is 2.64 bits per heavy atom. The fraction of sp³-hybridized carbons (Fsp3) is 0.375. The van der Waals surface area contributed by atoms with Crippen molar-refractivity contribution in [2.75, 3.05) is 16.6 Å². The van der Waals surface area contributed by atoms with Crippen molar-refractivity contribution >= 4 is 27.6 Å². The number of hydrogen-bond donors (Lipinski definition) is 2. The summed E-state index contributed by atoms with van der Waals surface area (Å²) in [6, 6.07) is 5.88. The van der Waals surface area contributed by atoms with Crippen LogP contribution in [-0.4, -0.2) is 46.1 Å². The van der Waals surface area contributed by atoms with Gasteiger partial charge in [0.05, 0.1) is 47.2 Å². The van der Waals surface area contributed by atoms with Crippen molar-refractivity contribution in [2.24, 2.45) is 5.92 Å². The summed E-state index contributed by atoms with van der Waals surface area (Å²) in [5.74, 6) is -1.88. The minimum absolute atomic E-state index is 0.00737. The number of carbonyl (C=O) groups excluding carboxylic acids is 1. The van der Waals surface area contributed by atoms with E-state index < -0.39 is 32.9 Å². The number of hydrogen-bond acceptors (Lipinski definition) is 8. The Morgan fingerprint density at radius 1 is 1.19 bits per heavy atom. The molecule has 0 aliphatic heterocycles. The van der Waals surface area contributed by atoms with E-state index >= 15 is 0 Å². The minimum atomic E-state index is -3.55. The third-order valence-corrected chi connectivity index (χ3v) is 7.39. The van der Waals surface area contributed by atoms with Gasteiger partial charge in [0.2, 0.25) is 27.8 Å². The molecule has 0 radical (unpaired) electrons. The number of nitrogens with zero attached hydrogens (tertiary/aromatic N) is 4. The first-order valence-electron chi connectivity index (χ1n) is 11.6. The van der Waals surface area contributed by atoms with Crippen molar-refractivity contribution in [3.63, 3.8) is 0 Å². The first kappa shape index (κ1) is 25.4. The Balaban J connectivity index is 1.53. The standard InChI is InChI=1S/C24H27FN6O4S/c1-4-35-21-13-26-12-20(28-21)15-5-8-18(17(25)11-15)29-23(32)22(14(2)3)19-9-10-27-24(30-19)31-36(33,34)16-6-7-16/h5,8-14,16,22H,4,6-7H2,1-3H3,(H,29,32)(H,27,30,31). The van der Waals surface area contributed by atoms with Crippen LogP contribution in [0.15, 0.2) is 42.9 Å². The van der Waals surface area contributed by atoms with Crippen LogP contribution in [0.25, 0.3) is 11.3 Å². The summed E-state index contributed by atoms with van der Waals surface area (Å²) in [5.41, 5.74) is 1.22. The first-order chi connectivity index (χ1) is 17.2. The van der Waals surface area contributed by atoms with Gasteiger partial charge in [-0.25, -0.2) is 27.8 Å². The number of rotatable bonds is 10. The molecule has 0 saturated heterocycles. The maximum Gasteiger partial charge on any atom is 0.237 e. The molecule has 3 aromatic rings. The second-order valence-electron chi connectivity index (χ2n) is 8.73. The average molecular weight is 515 g/mol. The van der Waals surface area contributed by atoms with Gasteiger partial charge in [-0.1, -0.05) is 19.9 Å². The quantitative estimate of drug-likeness (QED) is 0.417. The number of halogens is 1. The number of ether oxygens (including phenoxy) is 1.